The predicted octanol–water partition coefficient (Wildman–Crippen LogP) is 3.62. The molecule has 1 aromatic heterocycles. The van der Waals surface area contributed by atoms with Gasteiger partial charge in [-0.3, -0.25) is 4.79 Å². The average Bonchev–Trinajstić information content (AvgIpc) is 2.66. The average molecular weight is 354 g/mol. The molecule has 1 N–H and O–H groups in total. The number of ether oxygens (including phenoxy) is 2. The van der Waals surface area contributed by atoms with E-state index in [4.69, 9.17) is 9.47 Å². The highest BCUT2D eigenvalue weighted by Crippen LogP contribution is 2.21. The summed E-state index contributed by atoms with van der Waals surface area (Å²) in [6.07, 6.45) is 0. The maximum absolute atomic E-state index is 11.9. The summed E-state index contributed by atoms with van der Waals surface area (Å²) >= 11 is 1.45. The van der Waals surface area contributed by atoms with Gasteiger partial charge >= 0.3 is 0 Å². The van der Waals surface area contributed by atoms with Gasteiger partial charge in [-0.25, -0.2) is 4.98 Å². The second-order valence-corrected chi connectivity index (χ2v) is 6.26. The number of thioether (sulfide) groups is 1. The molecule has 0 aliphatic heterocycles. The number of hydrogen-bond acceptors (Lipinski definition) is 5. The molecule has 128 valence electrons. The Morgan fingerprint density at radius 3 is 2.52 bits per heavy atom. The maximum Gasteiger partial charge on any atom is 0.252 e. The molecule has 0 bridgehead atoms. The Morgan fingerprint density at radius 1 is 1.04 bits per heavy atom. The van der Waals surface area contributed by atoms with Crippen LogP contribution in [0.2, 0.25) is 0 Å². The molecule has 0 fully saturated rings. The minimum absolute atomic E-state index is 0.174. The standard InChI is InChI=1S/C19H18N2O3S/c1-23-15-9-7-14(8-10-15)17-13-18(22)21-19(20-17)25-12-11-24-16-5-3-2-4-6-16/h2-10,13H,11-12H2,1H3,(H,20,21,22). The lowest BCUT2D eigenvalue weighted by Gasteiger charge is -2.07. The monoisotopic (exact) mass is 354 g/mol. The fourth-order valence-corrected chi connectivity index (χ4v) is 2.92. The molecule has 0 atom stereocenters. The number of benzene rings is 2. The van der Waals surface area contributed by atoms with Crippen molar-refractivity contribution in [3.63, 3.8) is 0 Å². The molecule has 3 aromatic rings. The van der Waals surface area contributed by atoms with Gasteiger partial charge in [0, 0.05) is 17.4 Å². The first-order valence-corrected chi connectivity index (χ1v) is 8.79. The van der Waals surface area contributed by atoms with Gasteiger partial charge in [-0.1, -0.05) is 30.0 Å². The third-order valence-corrected chi connectivity index (χ3v) is 4.28. The SMILES string of the molecule is COc1ccc(-c2cc(=O)[nH]c(SCCOc3ccccc3)n2)cc1. The van der Waals surface area contributed by atoms with Crippen LogP contribution in [-0.2, 0) is 0 Å². The van der Waals surface area contributed by atoms with Crippen LogP contribution in [0.25, 0.3) is 11.3 Å². The summed E-state index contributed by atoms with van der Waals surface area (Å²) in [6.45, 7) is 0.533. The summed E-state index contributed by atoms with van der Waals surface area (Å²) in [7, 11) is 1.62. The topological polar surface area (TPSA) is 64.2 Å². The molecular formula is C19H18N2O3S. The van der Waals surface area contributed by atoms with E-state index in [2.05, 4.69) is 9.97 Å². The van der Waals surface area contributed by atoms with Crippen LogP contribution in [0, 0.1) is 0 Å². The third-order valence-electron chi connectivity index (χ3n) is 3.44. The van der Waals surface area contributed by atoms with Gasteiger partial charge in [-0.15, -0.1) is 0 Å². The van der Waals surface area contributed by atoms with Gasteiger partial charge in [-0.05, 0) is 36.4 Å². The molecule has 0 amide bonds. The molecule has 0 saturated carbocycles. The first-order chi connectivity index (χ1) is 12.2. The fourth-order valence-electron chi connectivity index (χ4n) is 2.23. The second-order valence-electron chi connectivity index (χ2n) is 5.17. The molecule has 5 nitrogen and oxygen atoms in total. The Hall–Kier alpha value is -2.73. The highest BCUT2D eigenvalue weighted by molar-refractivity contribution is 7.99. The first kappa shape index (κ1) is 17.1. The first-order valence-electron chi connectivity index (χ1n) is 7.81. The Bertz CT molecular complexity index is 864. The van der Waals surface area contributed by atoms with Crippen molar-refractivity contribution in [2.24, 2.45) is 0 Å². The van der Waals surface area contributed by atoms with E-state index in [0.29, 0.717) is 23.2 Å². The van der Waals surface area contributed by atoms with Gasteiger partial charge in [0.05, 0.1) is 19.4 Å². The van der Waals surface area contributed by atoms with Crippen LogP contribution in [0.3, 0.4) is 0 Å². The molecule has 0 radical (unpaired) electrons. The molecule has 2 aromatic carbocycles. The Kier molecular flexibility index (Phi) is 5.74. The minimum atomic E-state index is -0.174. The van der Waals surface area contributed by atoms with E-state index in [9.17, 15) is 4.79 Å². The van der Waals surface area contributed by atoms with E-state index < -0.39 is 0 Å². The predicted molar refractivity (Wildman–Crippen MR) is 99.5 cm³/mol. The number of methoxy groups -OCH3 is 1. The van der Waals surface area contributed by atoms with E-state index in [1.807, 2.05) is 54.6 Å². The molecule has 6 heteroatoms. The van der Waals surface area contributed by atoms with E-state index in [1.54, 1.807) is 7.11 Å². The summed E-state index contributed by atoms with van der Waals surface area (Å²) in [4.78, 5) is 19.2. The lowest BCUT2D eigenvalue weighted by atomic mass is 10.1. The molecule has 0 spiro atoms. The smallest absolute Gasteiger partial charge is 0.252 e. The molecule has 25 heavy (non-hydrogen) atoms. The molecule has 0 unspecified atom stereocenters. The minimum Gasteiger partial charge on any atom is -0.497 e. The molecule has 1 heterocycles. The van der Waals surface area contributed by atoms with Crippen molar-refractivity contribution < 1.29 is 9.47 Å². The van der Waals surface area contributed by atoms with E-state index in [1.165, 1.54) is 17.8 Å². The number of nitrogens with zero attached hydrogens (tertiary/aromatic N) is 1. The van der Waals surface area contributed by atoms with Crippen LogP contribution in [0.1, 0.15) is 0 Å². The van der Waals surface area contributed by atoms with Crippen LogP contribution in [0.5, 0.6) is 11.5 Å². The normalized spacial score (nSPS) is 10.4. The number of para-hydroxylation sites is 1. The van der Waals surface area contributed by atoms with Crippen LogP contribution in [0.15, 0.2) is 70.6 Å². The van der Waals surface area contributed by atoms with Crippen molar-refractivity contribution in [3.05, 3.63) is 71.0 Å². The number of H-pyrrole nitrogens is 1. The van der Waals surface area contributed by atoms with Gasteiger partial charge in [0.1, 0.15) is 11.5 Å². The van der Waals surface area contributed by atoms with Crippen molar-refractivity contribution in [1.29, 1.82) is 0 Å². The van der Waals surface area contributed by atoms with E-state index in [-0.39, 0.29) is 5.56 Å². The number of aromatic nitrogens is 2. The lowest BCUT2D eigenvalue weighted by Crippen LogP contribution is -2.09. The third kappa shape index (κ3) is 4.87. The van der Waals surface area contributed by atoms with E-state index in [0.717, 1.165) is 17.1 Å². The zero-order chi connectivity index (χ0) is 17.5. The van der Waals surface area contributed by atoms with Gasteiger partial charge in [-0.2, -0.15) is 0 Å². The molecule has 0 saturated heterocycles. The van der Waals surface area contributed by atoms with Gasteiger partial charge < -0.3 is 14.5 Å². The second kappa shape index (κ2) is 8.39. The number of nitrogens with one attached hydrogen (secondary N) is 1. The van der Waals surface area contributed by atoms with Crippen LogP contribution in [-0.4, -0.2) is 29.4 Å². The lowest BCUT2D eigenvalue weighted by molar-refractivity contribution is 0.344. The summed E-state index contributed by atoms with van der Waals surface area (Å²) < 4.78 is 10.8. The van der Waals surface area contributed by atoms with Crippen LogP contribution >= 0.6 is 11.8 Å². The highest BCUT2D eigenvalue weighted by Gasteiger charge is 2.05. The van der Waals surface area contributed by atoms with Gasteiger partial charge in [0.25, 0.3) is 5.56 Å². The number of rotatable bonds is 7. The summed E-state index contributed by atoms with van der Waals surface area (Å²) in [5.41, 5.74) is 1.33. The van der Waals surface area contributed by atoms with Crippen molar-refractivity contribution >= 4 is 11.8 Å². The molecular weight excluding hydrogens is 336 g/mol. The van der Waals surface area contributed by atoms with Crippen molar-refractivity contribution in [2.75, 3.05) is 19.5 Å². The Morgan fingerprint density at radius 2 is 1.80 bits per heavy atom. The number of hydrogen-bond donors (Lipinski definition) is 1. The Labute approximate surface area is 150 Å². The summed E-state index contributed by atoms with van der Waals surface area (Å²) in [5.74, 6) is 2.28. The Balaban J connectivity index is 1.63. The summed E-state index contributed by atoms with van der Waals surface area (Å²) in [6, 6.07) is 18.6. The van der Waals surface area contributed by atoms with Crippen molar-refractivity contribution in [3.8, 4) is 22.8 Å². The van der Waals surface area contributed by atoms with Crippen molar-refractivity contribution in [2.45, 2.75) is 5.16 Å². The molecule has 0 aliphatic carbocycles. The molecule has 0 aliphatic rings. The fraction of sp³-hybridized carbons (Fsp3) is 0.158. The van der Waals surface area contributed by atoms with E-state index >= 15 is 0 Å². The van der Waals surface area contributed by atoms with Crippen molar-refractivity contribution in [1.82, 2.24) is 9.97 Å². The zero-order valence-electron chi connectivity index (χ0n) is 13.8. The maximum atomic E-state index is 11.9. The van der Waals surface area contributed by atoms with Gasteiger partial charge in [0.2, 0.25) is 0 Å². The highest BCUT2D eigenvalue weighted by atomic mass is 32.2. The largest absolute Gasteiger partial charge is 0.497 e. The quantitative estimate of drug-likeness (QED) is 0.399. The zero-order valence-corrected chi connectivity index (χ0v) is 14.6. The molecule has 3 rings (SSSR count). The summed E-state index contributed by atoms with van der Waals surface area (Å²) in [5, 5.41) is 0.579. The van der Waals surface area contributed by atoms with Gasteiger partial charge in [0.15, 0.2) is 5.16 Å². The van der Waals surface area contributed by atoms with Crippen LogP contribution < -0.4 is 15.0 Å². The van der Waals surface area contributed by atoms with Crippen LogP contribution in [0.4, 0.5) is 0 Å². The number of aromatic amines is 1.